The lowest BCUT2D eigenvalue weighted by Crippen LogP contribution is -2.29. The van der Waals surface area contributed by atoms with Crippen molar-refractivity contribution in [3.05, 3.63) is 41.1 Å². The first-order valence-corrected chi connectivity index (χ1v) is 9.29. The molecular weight excluding hydrogens is 354 g/mol. The van der Waals surface area contributed by atoms with Gasteiger partial charge in [0, 0.05) is 25.1 Å². The highest BCUT2D eigenvalue weighted by atomic mass is 32.1. The summed E-state index contributed by atoms with van der Waals surface area (Å²) in [7, 11) is 0. The SMILES string of the molecule is Cc1nc2cc(OCc3nc(C(=O)NC[C@H]4CCOC4)co3)ccc2s1. The van der Waals surface area contributed by atoms with Crippen molar-refractivity contribution < 1.29 is 18.7 Å². The van der Waals surface area contributed by atoms with E-state index in [4.69, 9.17) is 13.9 Å². The highest BCUT2D eigenvalue weighted by molar-refractivity contribution is 7.18. The maximum atomic E-state index is 12.1. The minimum atomic E-state index is -0.244. The Hall–Kier alpha value is -2.45. The molecule has 0 saturated carbocycles. The van der Waals surface area contributed by atoms with E-state index in [1.54, 1.807) is 11.3 Å². The van der Waals surface area contributed by atoms with Crippen molar-refractivity contribution >= 4 is 27.5 Å². The van der Waals surface area contributed by atoms with Crippen molar-refractivity contribution in [1.29, 1.82) is 0 Å². The Kier molecular flexibility index (Phi) is 4.85. The minimum absolute atomic E-state index is 0.151. The Morgan fingerprint density at radius 3 is 3.19 bits per heavy atom. The van der Waals surface area contributed by atoms with Crippen molar-refractivity contribution in [3.8, 4) is 5.75 Å². The van der Waals surface area contributed by atoms with Gasteiger partial charge in [0.05, 0.1) is 21.8 Å². The van der Waals surface area contributed by atoms with Gasteiger partial charge in [0.15, 0.2) is 12.3 Å². The van der Waals surface area contributed by atoms with E-state index in [9.17, 15) is 4.79 Å². The number of aryl methyl sites for hydroxylation is 1. The average Bonchev–Trinajstić information content (AvgIpc) is 3.37. The lowest BCUT2D eigenvalue weighted by Gasteiger charge is -2.07. The van der Waals surface area contributed by atoms with E-state index in [0.29, 0.717) is 30.7 Å². The van der Waals surface area contributed by atoms with Crippen molar-refractivity contribution in [2.75, 3.05) is 19.8 Å². The summed E-state index contributed by atoms with van der Waals surface area (Å²) < 4.78 is 17.5. The molecule has 0 radical (unpaired) electrons. The predicted molar refractivity (Wildman–Crippen MR) is 96.5 cm³/mol. The van der Waals surface area contributed by atoms with Gasteiger partial charge in [0.25, 0.3) is 5.91 Å². The number of carbonyl (C=O) groups excluding carboxylic acids is 1. The molecule has 1 amide bonds. The molecular formula is C18H19N3O4S. The number of aromatic nitrogens is 2. The topological polar surface area (TPSA) is 86.5 Å². The van der Waals surface area contributed by atoms with Gasteiger partial charge in [0.2, 0.25) is 5.89 Å². The smallest absolute Gasteiger partial charge is 0.273 e. The van der Waals surface area contributed by atoms with Crippen LogP contribution >= 0.6 is 11.3 Å². The third-order valence-corrected chi connectivity index (χ3v) is 5.14. The van der Waals surface area contributed by atoms with Crippen molar-refractivity contribution in [2.45, 2.75) is 20.0 Å². The lowest BCUT2D eigenvalue weighted by atomic mass is 10.1. The molecule has 0 bridgehead atoms. The van der Waals surface area contributed by atoms with Crippen LogP contribution in [0.15, 0.2) is 28.9 Å². The van der Waals surface area contributed by atoms with Crippen LogP contribution in [0.25, 0.3) is 10.2 Å². The van der Waals surface area contributed by atoms with E-state index >= 15 is 0 Å². The molecule has 2 aromatic heterocycles. The van der Waals surface area contributed by atoms with Gasteiger partial charge in [-0.2, -0.15) is 0 Å². The summed E-state index contributed by atoms with van der Waals surface area (Å²) in [5.41, 5.74) is 1.17. The molecule has 1 atom stereocenters. The summed E-state index contributed by atoms with van der Waals surface area (Å²) >= 11 is 1.65. The molecule has 0 unspecified atom stereocenters. The molecule has 1 aromatic carbocycles. The molecule has 136 valence electrons. The molecule has 0 spiro atoms. The summed E-state index contributed by atoms with van der Waals surface area (Å²) in [5, 5.41) is 3.88. The number of rotatable bonds is 6. The fraction of sp³-hybridized carbons (Fsp3) is 0.389. The highest BCUT2D eigenvalue weighted by Gasteiger charge is 2.18. The second kappa shape index (κ2) is 7.43. The van der Waals surface area contributed by atoms with Crippen LogP contribution in [0.4, 0.5) is 0 Å². The van der Waals surface area contributed by atoms with E-state index < -0.39 is 0 Å². The third-order valence-electron chi connectivity index (χ3n) is 4.19. The predicted octanol–water partition coefficient (Wildman–Crippen LogP) is 2.94. The van der Waals surface area contributed by atoms with E-state index in [2.05, 4.69) is 15.3 Å². The van der Waals surface area contributed by atoms with Gasteiger partial charge in [-0.1, -0.05) is 0 Å². The number of hydrogen-bond acceptors (Lipinski definition) is 7. The summed E-state index contributed by atoms with van der Waals surface area (Å²) in [6, 6.07) is 5.76. The molecule has 1 N–H and O–H groups in total. The van der Waals surface area contributed by atoms with Gasteiger partial charge >= 0.3 is 0 Å². The van der Waals surface area contributed by atoms with Crippen molar-refractivity contribution in [3.63, 3.8) is 0 Å². The Morgan fingerprint density at radius 1 is 1.42 bits per heavy atom. The number of benzene rings is 1. The fourth-order valence-corrected chi connectivity index (χ4v) is 3.62. The molecule has 7 nitrogen and oxygen atoms in total. The maximum Gasteiger partial charge on any atom is 0.273 e. The summed E-state index contributed by atoms with van der Waals surface area (Å²) in [6.07, 6.45) is 2.33. The zero-order valence-electron chi connectivity index (χ0n) is 14.4. The number of carbonyl (C=O) groups is 1. The van der Waals surface area contributed by atoms with Gasteiger partial charge in [-0.05, 0) is 25.5 Å². The molecule has 1 fully saturated rings. The standard InChI is InChI=1S/C18H19N3O4S/c1-11-20-14-6-13(2-3-16(14)26-11)24-10-17-21-15(9-25-17)18(22)19-7-12-4-5-23-8-12/h2-3,6,9,12H,4-5,7-8,10H2,1H3,(H,19,22)/t12-/m1/s1. The van der Waals surface area contributed by atoms with Crippen LogP contribution in [0, 0.1) is 12.8 Å². The average molecular weight is 373 g/mol. The van der Waals surface area contributed by atoms with Gasteiger partial charge < -0.3 is 19.2 Å². The first kappa shape index (κ1) is 17.0. The molecule has 1 saturated heterocycles. The van der Waals surface area contributed by atoms with Crippen molar-refractivity contribution in [2.24, 2.45) is 5.92 Å². The normalized spacial score (nSPS) is 16.9. The molecule has 1 aliphatic heterocycles. The van der Waals surface area contributed by atoms with Crippen LogP contribution in [0.1, 0.15) is 27.8 Å². The Labute approximate surface area is 154 Å². The fourth-order valence-electron chi connectivity index (χ4n) is 2.81. The first-order valence-electron chi connectivity index (χ1n) is 8.48. The molecule has 0 aliphatic carbocycles. The van der Waals surface area contributed by atoms with Gasteiger partial charge in [0.1, 0.15) is 12.0 Å². The van der Waals surface area contributed by atoms with Crippen LogP contribution in [-0.2, 0) is 11.3 Å². The van der Waals surface area contributed by atoms with Crippen LogP contribution < -0.4 is 10.1 Å². The lowest BCUT2D eigenvalue weighted by molar-refractivity contribution is 0.0940. The number of ether oxygens (including phenoxy) is 2. The van der Waals surface area contributed by atoms with Crippen LogP contribution in [0.3, 0.4) is 0 Å². The Bertz CT molecular complexity index is 914. The molecule has 3 aromatic rings. The molecule has 4 rings (SSSR count). The number of nitrogens with one attached hydrogen (secondary N) is 1. The van der Waals surface area contributed by atoms with Gasteiger partial charge in [-0.3, -0.25) is 4.79 Å². The third kappa shape index (κ3) is 3.86. The molecule has 26 heavy (non-hydrogen) atoms. The first-order chi connectivity index (χ1) is 12.7. The van der Waals surface area contributed by atoms with Crippen LogP contribution in [0.5, 0.6) is 5.75 Å². The summed E-state index contributed by atoms with van der Waals surface area (Å²) in [6.45, 7) is 4.17. The number of thiazole rings is 1. The van der Waals surface area contributed by atoms with Gasteiger partial charge in [-0.25, -0.2) is 9.97 Å². The minimum Gasteiger partial charge on any atom is -0.484 e. The van der Waals surface area contributed by atoms with E-state index in [1.165, 1.54) is 6.26 Å². The zero-order valence-corrected chi connectivity index (χ0v) is 15.2. The molecule has 3 heterocycles. The number of hydrogen-bond donors (Lipinski definition) is 1. The zero-order chi connectivity index (χ0) is 17.9. The largest absolute Gasteiger partial charge is 0.484 e. The van der Waals surface area contributed by atoms with E-state index in [-0.39, 0.29) is 18.2 Å². The molecule has 8 heteroatoms. The number of oxazole rings is 1. The van der Waals surface area contributed by atoms with Gasteiger partial charge in [-0.15, -0.1) is 11.3 Å². The Balaban J connectivity index is 1.32. The summed E-state index contributed by atoms with van der Waals surface area (Å²) in [5.74, 6) is 1.17. The maximum absolute atomic E-state index is 12.1. The van der Waals surface area contributed by atoms with Crippen molar-refractivity contribution in [1.82, 2.24) is 15.3 Å². The Morgan fingerprint density at radius 2 is 2.35 bits per heavy atom. The van der Waals surface area contributed by atoms with E-state index in [1.807, 2.05) is 25.1 Å². The monoisotopic (exact) mass is 373 g/mol. The second-order valence-corrected chi connectivity index (χ2v) is 7.45. The second-order valence-electron chi connectivity index (χ2n) is 6.22. The highest BCUT2D eigenvalue weighted by Crippen LogP contribution is 2.26. The number of amides is 1. The molecule has 1 aliphatic rings. The van der Waals surface area contributed by atoms with Crippen LogP contribution in [-0.4, -0.2) is 35.6 Å². The quantitative estimate of drug-likeness (QED) is 0.715. The number of fused-ring (bicyclic) bond motifs is 1. The summed E-state index contributed by atoms with van der Waals surface area (Å²) in [4.78, 5) is 20.8. The van der Waals surface area contributed by atoms with E-state index in [0.717, 1.165) is 28.3 Å². The number of nitrogens with zero attached hydrogens (tertiary/aromatic N) is 2. The van der Waals surface area contributed by atoms with Crippen LogP contribution in [0.2, 0.25) is 0 Å².